The van der Waals surface area contributed by atoms with Crippen molar-refractivity contribution in [2.24, 2.45) is 5.92 Å². The zero-order valence-corrected chi connectivity index (χ0v) is 11.7. The predicted octanol–water partition coefficient (Wildman–Crippen LogP) is 2.41. The van der Waals surface area contributed by atoms with E-state index in [9.17, 15) is 4.79 Å². The molecule has 0 aliphatic carbocycles. The largest absolute Gasteiger partial charge is 0.342 e. The third kappa shape index (κ3) is 5.07. The molecule has 0 radical (unpaired) electrons. The predicted molar refractivity (Wildman–Crippen MR) is 72.0 cm³/mol. The van der Waals surface area contributed by atoms with Crippen molar-refractivity contribution in [1.29, 1.82) is 0 Å². The summed E-state index contributed by atoms with van der Waals surface area (Å²) in [5.41, 5.74) is 0. The van der Waals surface area contributed by atoms with Crippen LogP contribution in [-0.4, -0.2) is 36.5 Å². The quantitative estimate of drug-likeness (QED) is 0.723. The number of rotatable bonds is 6. The van der Waals surface area contributed by atoms with Gasteiger partial charge in [0, 0.05) is 25.0 Å². The van der Waals surface area contributed by atoms with Crippen molar-refractivity contribution < 1.29 is 4.79 Å². The normalized spacial score (nSPS) is 17.8. The highest BCUT2D eigenvalue weighted by Crippen LogP contribution is 2.13. The first-order valence-corrected chi connectivity index (χ1v) is 7.17. The Morgan fingerprint density at radius 2 is 1.94 bits per heavy atom. The molecule has 0 saturated carbocycles. The monoisotopic (exact) mass is 240 g/mol. The molecule has 0 atom stereocenters. The van der Waals surface area contributed by atoms with Gasteiger partial charge in [-0.15, -0.1) is 0 Å². The number of carbonyl (C=O) groups is 1. The van der Waals surface area contributed by atoms with Crippen molar-refractivity contribution in [3.63, 3.8) is 0 Å². The van der Waals surface area contributed by atoms with Crippen LogP contribution >= 0.6 is 0 Å². The van der Waals surface area contributed by atoms with E-state index in [4.69, 9.17) is 0 Å². The number of nitrogens with one attached hydrogen (secondary N) is 1. The van der Waals surface area contributed by atoms with Crippen molar-refractivity contribution >= 4 is 5.91 Å². The average molecular weight is 240 g/mol. The molecule has 1 rings (SSSR count). The lowest BCUT2D eigenvalue weighted by Gasteiger charge is -2.33. The van der Waals surface area contributed by atoms with Gasteiger partial charge in [0.1, 0.15) is 0 Å². The van der Waals surface area contributed by atoms with E-state index in [1.54, 1.807) is 0 Å². The lowest BCUT2D eigenvalue weighted by atomic mass is 10.0. The molecule has 0 aromatic carbocycles. The van der Waals surface area contributed by atoms with Crippen LogP contribution in [0.1, 0.15) is 52.9 Å². The Morgan fingerprint density at radius 3 is 2.47 bits per heavy atom. The van der Waals surface area contributed by atoms with Crippen LogP contribution in [0.4, 0.5) is 0 Å². The van der Waals surface area contributed by atoms with E-state index in [0.717, 1.165) is 32.5 Å². The number of hydrogen-bond acceptors (Lipinski definition) is 2. The first-order valence-electron chi connectivity index (χ1n) is 7.17. The van der Waals surface area contributed by atoms with Crippen molar-refractivity contribution in [2.75, 3.05) is 19.6 Å². The highest BCUT2D eigenvalue weighted by Gasteiger charge is 2.23. The number of carbonyl (C=O) groups excluding carboxylic acids is 1. The summed E-state index contributed by atoms with van der Waals surface area (Å²) in [5.74, 6) is 0.457. The molecule has 0 aromatic heterocycles. The molecule has 0 unspecified atom stereocenters. The number of amides is 1. The topological polar surface area (TPSA) is 32.3 Å². The summed E-state index contributed by atoms with van der Waals surface area (Å²) in [6.45, 7) is 9.20. The Hall–Kier alpha value is -0.570. The zero-order chi connectivity index (χ0) is 12.7. The van der Waals surface area contributed by atoms with Gasteiger partial charge in [-0.2, -0.15) is 0 Å². The highest BCUT2D eigenvalue weighted by molar-refractivity contribution is 5.78. The second-order valence-electron chi connectivity index (χ2n) is 5.42. The minimum absolute atomic E-state index is 0.143. The Labute approximate surface area is 106 Å². The molecular formula is C14H28N2O. The molecule has 3 nitrogen and oxygen atoms in total. The van der Waals surface area contributed by atoms with Gasteiger partial charge in [-0.05, 0) is 25.8 Å². The van der Waals surface area contributed by atoms with Gasteiger partial charge in [0.05, 0.1) is 0 Å². The highest BCUT2D eigenvalue weighted by atomic mass is 16.2. The van der Waals surface area contributed by atoms with Crippen LogP contribution in [0.3, 0.4) is 0 Å². The van der Waals surface area contributed by atoms with Crippen LogP contribution in [0.15, 0.2) is 0 Å². The van der Waals surface area contributed by atoms with Crippen molar-refractivity contribution in [2.45, 2.75) is 58.9 Å². The number of unbranched alkanes of at least 4 members (excludes halogenated alkanes) is 2. The Morgan fingerprint density at radius 1 is 1.29 bits per heavy atom. The van der Waals surface area contributed by atoms with Crippen molar-refractivity contribution in [1.82, 2.24) is 10.2 Å². The summed E-state index contributed by atoms with van der Waals surface area (Å²) in [4.78, 5) is 13.8. The van der Waals surface area contributed by atoms with E-state index in [1.165, 1.54) is 19.3 Å². The first kappa shape index (κ1) is 14.5. The molecule has 100 valence electrons. The second-order valence-corrected chi connectivity index (χ2v) is 5.42. The Balaban J connectivity index is 2.15. The molecule has 0 bridgehead atoms. The van der Waals surface area contributed by atoms with Gasteiger partial charge in [0.2, 0.25) is 5.91 Å². The summed E-state index contributed by atoms with van der Waals surface area (Å²) in [7, 11) is 0. The van der Waals surface area contributed by atoms with E-state index in [0.29, 0.717) is 11.9 Å². The molecule has 1 aliphatic rings. The van der Waals surface area contributed by atoms with Gasteiger partial charge >= 0.3 is 0 Å². The van der Waals surface area contributed by atoms with Crippen LogP contribution in [0.5, 0.6) is 0 Å². The SMILES string of the molecule is CCCCCNC1CCN(C(=O)C(C)C)CC1. The van der Waals surface area contributed by atoms with Gasteiger partial charge in [-0.3, -0.25) is 4.79 Å². The Bertz CT molecular complexity index is 220. The maximum Gasteiger partial charge on any atom is 0.225 e. The van der Waals surface area contributed by atoms with Gasteiger partial charge in [0.25, 0.3) is 0 Å². The second kappa shape index (κ2) is 7.70. The molecule has 1 N–H and O–H groups in total. The van der Waals surface area contributed by atoms with E-state index < -0.39 is 0 Å². The van der Waals surface area contributed by atoms with Crippen LogP contribution < -0.4 is 5.32 Å². The van der Waals surface area contributed by atoms with E-state index >= 15 is 0 Å². The first-order chi connectivity index (χ1) is 8.15. The number of piperidine rings is 1. The molecule has 0 aromatic rings. The maximum atomic E-state index is 11.8. The van der Waals surface area contributed by atoms with Gasteiger partial charge in [-0.1, -0.05) is 33.6 Å². The van der Waals surface area contributed by atoms with Crippen LogP contribution in [-0.2, 0) is 4.79 Å². The summed E-state index contributed by atoms with van der Waals surface area (Å²) in [6.07, 6.45) is 6.11. The molecule has 1 aliphatic heterocycles. The maximum absolute atomic E-state index is 11.8. The van der Waals surface area contributed by atoms with Crippen LogP contribution in [0, 0.1) is 5.92 Å². The van der Waals surface area contributed by atoms with Crippen molar-refractivity contribution in [3.8, 4) is 0 Å². The lowest BCUT2D eigenvalue weighted by molar-refractivity contribution is -0.135. The molecule has 1 heterocycles. The molecule has 1 fully saturated rings. The molecule has 17 heavy (non-hydrogen) atoms. The number of likely N-dealkylation sites (tertiary alicyclic amines) is 1. The van der Waals surface area contributed by atoms with Crippen molar-refractivity contribution in [3.05, 3.63) is 0 Å². The van der Waals surface area contributed by atoms with E-state index in [1.807, 2.05) is 18.7 Å². The van der Waals surface area contributed by atoms with Crippen LogP contribution in [0.25, 0.3) is 0 Å². The molecule has 1 saturated heterocycles. The van der Waals surface area contributed by atoms with Gasteiger partial charge < -0.3 is 10.2 Å². The summed E-state index contributed by atoms with van der Waals surface area (Å²) in [5, 5.41) is 3.61. The fourth-order valence-corrected chi connectivity index (χ4v) is 2.35. The standard InChI is InChI=1S/C14H28N2O/c1-4-5-6-9-15-13-7-10-16(11-8-13)14(17)12(2)3/h12-13,15H,4-11H2,1-3H3. The molecule has 0 spiro atoms. The molecule has 3 heteroatoms. The fourth-order valence-electron chi connectivity index (χ4n) is 2.35. The molecular weight excluding hydrogens is 212 g/mol. The third-order valence-electron chi connectivity index (χ3n) is 3.51. The lowest BCUT2D eigenvalue weighted by Crippen LogP contribution is -2.46. The average Bonchev–Trinajstić information content (AvgIpc) is 2.34. The summed E-state index contributed by atoms with van der Waals surface area (Å²) in [6, 6.07) is 0.628. The van der Waals surface area contributed by atoms with E-state index in [2.05, 4.69) is 12.2 Å². The summed E-state index contributed by atoms with van der Waals surface area (Å²) < 4.78 is 0. The molecule has 1 amide bonds. The minimum atomic E-state index is 0.143. The smallest absolute Gasteiger partial charge is 0.225 e. The fraction of sp³-hybridized carbons (Fsp3) is 0.929. The van der Waals surface area contributed by atoms with E-state index in [-0.39, 0.29) is 5.92 Å². The zero-order valence-electron chi connectivity index (χ0n) is 11.7. The minimum Gasteiger partial charge on any atom is -0.342 e. The van der Waals surface area contributed by atoms with Gasteiger partial charge in [0.15, 0.2) is 0 Å². The van der Waals surface area contributed by atoms with Crippen LogP contribution in [0.2, 0.25) is 0 Å². The summed E-state index contributed by atoms with van der Waals surface area (Å²) >= 11 is 0. The number of hydrogen-bond donors (Lipinski definition) is 1. The Kier molecular flexibility index (Phi) is 6.56. The number of nitrogens with zero attached hydrogens (tertiary/aromatic N) is 1. The van der Waals surface area contributed by atoms with Gasteiger partial charge in [-0.25, -0.2) is 0 Å². The third-order valence-corrected chi connectivity index (χ3v) is 3.51.